The largest absolute Gasteiger partial charge is 0.375 e. The van der Waals surface area contributed by atoms with Crippen LogP contribution < -0.4 is 0 Å². The summed E-state index contributed by atoms with van der Waals surface area (Å²) in [5.41, 5.74) is 1.65. The standard InChI is InChI=1S/C23H25ClF2N2O2/c1-30-14-23(29)27-9-8-22-20(13-27)19(18-7-6-17(25)10-21(18)26)12-28(22)11-15-2-4-16(24)5-3-15/h2-7,10,19-20,22H,8-9,11-14H2,1H3/t19-,20-,22-/m1/s1. The first-order valence-corrected chi connectivity index (χ1v) is 10.5. The van der Waals surface area contributed by atoms with Crippen LogP contribution in [0.1, 0.15) is 23.5 Å². The lowest BCUT2D eigenvalue weighted by Gasteiger charge is -2.39. The highest BCUT2D eigenvalue weighted by Gasteiger charge is 2.46. The smallest absolute Gasteiger partial charge is 0.248 e. The van der Waals surface area contributed by atoms with Crippen LogP contribution in [0.25, 0.3) is 0 Å². The van der Waals surface area contributed by atoms with Gasteiger partial charge in [0.25, 0.3) is 0 Å². The van der Waals surface area contributed by atoms with Gasteiger partial charge in [0.05, 0.1) is 0 Å². The topological polar surface area (TPSA) is 32.8 Å². The predicted octanol–water partition coefficient (Wildman–Crippen LogP) is 4.08. The minimum atomic E-state index is -0.579. The summed E-state index contributed by atoms with van der Waals surface area (Å²) in [7, 11) is 1.50. The molecule has 2 fully saturated rings. The number of nitrogens with zero attached hydrogens (tertiary/aromatic N) is 2. The van der Waals surface area contributed by atoms with Gasteiger partial charge < -0.3 is 9.64 Å². The lowest BCUT2D eigenvalue weighted by molar-refractivity contribution is -0.137. The Hall–Kier alpha value is -2.02. The molecule has 30 heavy (non-hydrogen) atoms. The van der Waals surface area contributed by atoms with Gasteiger partial charge in [0.1, 0.15) is 18.2 Å². The van der Waals surface area contributed by atoms with Crippen LogP contribution in [0.5, 0.6) is 0 Å². The van der Waals surface area contributed by atoms with Crippen LogP contribution in [0.2, 0.25) is 5.02 Å². The second-order valence-corrected chi connectivity index (χ2v) is 8.56. The molecule has 2 saturated heterocycles. The van der Waals surface area contributed by atoms with E-state index in [0.29, 0.717) is 30.2 Å². The molecule has 1 amide bonds. The summed E-state index contributed by atoms with van der Waals surface area (Å²) in [6, 6.07) is 11.8. The van der Waals surface area contributed by atoms with Gasteiger partial charge in [-0.25, -0.2) is 8.78 Å². The third-order valence-corrected chi connectivity index (χ3v) is 6.57. The summed E-state index contributed by atoms with van der Waals surface area (Å²) in [4.78, 5) is 16.6. The lowest BCUT2D eigenvalue weighted by Crippen LogP contribution is -2.49. The van der Waals surface area contributed by atoms with E-state index in [1.54, 1.807) is 6.07 Å². The number of hydrogen-bond acceptors (Lipinski definition) is 3. The van der Waals surface area contributed by atoms with E-state index in [1.807, 2.05) is 29.2 Å². The summed E-state index contributed by atoms with van der Waals surface area (Å²) in [5.74, 6) is -1.19. The third-order valence-electron chi connectivity index (χ3n) is 6.32. The number of hydrogen-bond donors (Lipinski definition) is 0. The molecule has 2 aromatic rings. The van der Waals surface area contributed by atoms with E-state index < -0.39 is 11.6 Å². The number of benzene rings is 2. The summed E-state index contributed by atoms with van der Waals surface area (Å²) in [6.45, 7) is 2.63. The Morgan fingerprint density at radius 1 is 1.17 bits per heavy atom. The number of halogens is 3. The number of carbonyl (C=O) groups is 1. The molecule has 4 rings (SSSR count). The molecule has 0 saturated carbocycles. The van der Waals surface area contributed by atoms with Gasteiger partial charge in [-0.3, -0.25) is 9.69 Å². The molecule has 2 heterocycles. The van der Waals surface area contributed by atoms with Gasteiger partial charge in [-0.15, -0.1) is 0 Å². The number of piperidine rings is 1. The Morgan fingerprint density at radius 2 is 1.93 bits per heavy atom. The van der Waals surface area contributed by atoms with Gasteiger partial charge in [-0.2, -0.15) is 0 Å². The minimum absolute atomic E-state index is 0.0431. The molecular weight excluding hydrogens is 410 g/mol. The minimum Gasteiger partial charge on any atom is -0.375 e. The molecule has 0 N–H and O–H groups in total. The van der Waals surface area contributed by atoms with Crippen LogP contribution >= 0.6 is 11.6 Å². The van der Waals surface area contributed by atoms with Crippen molar-refractivity contribution in [2.45, 2.75) is 24.9 Å². The van der Waals surface area contributed by atoms with Crippen molar-refractivity contribution >= 4 is 17.5 Å². The molecule has 2 aliphatic heterocycles. The Morgan fingerprint density at radius 3 is 2.63 bits per heavy atom. The second-order valence-electron chi connectivity index (χ2n) is 8.12. The number of rotatable bonds is 5. The quantitative estimate of drug-likeness (QED) is 0.710. The summed E-state index contributed by atoms with van der Waals surface area (Å²) < 4.78 is 33.2. The number of fused-ring (bicyclic) bond motifs is 1. The molecule has 2 aromatic carbocycles. The molecule has 0 bridgehead atoms. The van der Waals surface area contributed by atoms with E-state index in [-0.39, 0.29) is 30.4 Å². The van der Waals surface area contributed by atoms with Crippen molar-refractivity contribution < 1.29 is 18.3 Å². The molecule has 7 heteroatoms. The van der Waals surface area contributed by atoms with Crippen molar-refractivity contribution in [1.29, 1.82) is 0 Å². The van der Waals surface area contributed by atoms with Crippen molar-refractivity contribution in [3.63, 3.8) is 0 Å². The fourth-order valence-electron chi connectivity index (χ4n) is 4.92. The zero-order valence-corrected chi connectivity index (χ0v) is 17.6. The monoisotopic (exact) mass is 434 g/mol. The van der Waals surface area contributed by atoms with Crippen LogP contribution in [0.4, 0.5) is 8.78 Å². The van der Waals surface area contributed by atoms with E-state index in [0.717, 1.165) is 24.6 Å². The first kappa shape index (κ1) is 21.2. The number of carbonyl (C=O) groups excluding carboxylic acids is 1. The van der Waals surface area contributed by atoms with Crippen LogP contribution in [0.3, 0.4) is 0 Å². The van der Waals surface area contributed by atoms with Gasteiger partial charge in [0.2, 0.25) is 5.91 Å². The Bertz CT molecular complexity index is 909. The van der Waals surface area contributed by atoms with E-state index in [2.05, 4.69) is 4.90 Å². The van der Waals surface area contributed by atoms with Gasteiger partial charge in [-0.05, 0) is 35.7 Å². The van der Waals surface area contributed by atoms with Gasteiger partial charge in [0, 0.05) is 62.3 Å². The summed E-state index contributed by atoms with van der Waals surface area (Å²) >= 11 is 6.01. The van der Waals surface area contributed by atoms with E-state index in [1.165, 1.54) is 13.2 Å². The zero-order chi connectivity index (χ0) is 21.3. The highest BCUT2D eigenvalue weighted by Crippen LogP contribution is 2.43. The highest BCUT2D eigenvalue weighted by atomic mass is 35.5. The van der Waals surface area contributed by atoms with Crippen molar-refractivity contribution in [2.75, 3.05) is 33.4 Å². The van der Waals surface area contributed by atoms with Gasteiger partial charge >= 0.3 is 0 Å². The molecule has 3 atom stereocenters. The van der Waals surface area contributed by atoms with Crippen LogP contribution in [0.15, 0.2) is 42.5 Å². The molecule has 4 nitrogen and oxygen atoms in total. The first-order chi connectivity index (χ1) is 14.5. The van der Waals surface area contributed by atoms with Crippen molar-refractivity contribution in [2.24, 2.45) is 5.92 Å². The summed E-state index contributed by atoms with van der Waals surface area (Å²) in [5, 5.41) is 0.689. The average molecular weight is 435 g/mol. The number of likely N-dealkylation sites (tertiary alicyclic amines) is 2. The molecule has 0 unspecified atom stereocenters. The molecule has 0 spiro atoms. The fourth-order valence-corrected chi connectivity index (χ4v) is 5.05. The first-order valence-electron chi connectivity index (χ1n) is 10.2. The van der Waals surface area contributed by atoms with E-state index in [9.17, 15) is 13.6 Å². The normalized spacial score (nSPS) is 24.1. The second kappa shape index (κ2) is 9.00. The molecule has 0 radical (unpaired) electrons. The molecule has 0 aliphatic carbocycles. The Balaban J connectivity index is 1.60. The number of ether oxygens (including phenoxy) is 1. The maximum absolute atomic E-state index is 14.7. The molecule has 160 valence electrons. The van der Waals surface area contributed by atoms with Crippen LogP contribution in [-0.2, 0) is 16.1 Å². The van der Waals surface area contributed by atoms with Crippen LogP contribution in [0, 0.1) is 17.6 Å². The number of methoxy groups -OCH3 is 1. The maximum Gasteiger partial charge on any atom is 0.248 e. The number of amides is 1. The molecule has 2 aliphatic rings. The lowest BCUT2D eigenvalue weighted by atomic mass is 9.81. The van der Waals surface area contributed by atoms with Crippen molar-refractivity contribution in [3.05, 3.63) is 70.2 Å². The highest BCUT2D eigenvalue weighted by molar-refractivity contribution is 6.30. The maximum atomic E-state index is 14.7. The zero-order valence-electron chi connectivity index (χ0n) is 16.9. The Kier molecular flexibility index (Phi) is 6.37. The van der Waals surface area contributed by atoms with Gasteiger partial charge in [-0.1, -0.05) is 29.8 Å². The SMILES string of the molecule is COCC(=O)N1CC[C@@H]2[C@H](C1)[C@@H](c1ccc(F)cc1F)CN2Cc1ccc(Cl)cc1. The third kappa shape index (κ3) is 4.36. The predicted molar refractivity (Wildman–Crippen MR) is 111 cm³/mol. The summed E-state index contributed by atoms with van der Waals surface area (Å²) in [6.07, 6.45) is 0.813. The van der Waals surface area contributed by atoms with E-state index in [4.69, 9.17) is 16.3 Å². The average Bonchev–Trinajstić information content (AvgIpc) is 3.07. The van der Waals surface area contributed by atoms with Crippen molar-refractivity contribution in [3.8, 4) is 0 Å². The van der Waals surface area contributed by atoms with Gasteiger partial charge in [0.15, 0.2) is 0 Å². The molecular formula is C23H25ClF2N2O2. The van der Waals surface area contributed by atoms with E-state index >= 15 is 0 Å². The Labute approximate surface area is 180 Å². The van der Waals surface area contributed by atoms with Crippen LogP contribution in [-0.4, -0.2) is 55.1 Å². The molecule has 0 aromatic heterocycles. The van der Waals surface area contributed by atoms with Crippen molar-refractivity contribution in [1.82, 2.24) is 9.80 Å². The fraction of sp³-hybridized carbons (Fsp3) is 0.435.